The van der Waals surface area contributed by atoms with E-state index >= 15 is 0 Å². The summed E-state index contributed by atoms with van der Waals surface area (Å²) in [5.74, 6) is 0.0899. The van der Waals surface area contributed by atoms with Crippen molar-refractivity contribution in [2.24, 2.45) is 0 Å². The Hall–Kier alpha value is -4.30. The Labute approximate surface area is 196 Å². The van der Waals surface area contributed by atoms with Crippen LogP contribution in [0.1, 0.15) is 10.4 Å². The quantitative estimate of drug-likeness (QED) is 0.295. The Morgan fingerprint density at radius 2 is 1.94 bits per heavy atom. The number of hydrogen-bond donors (Lipinski definition) is 4. The lowest BCUT2D eigenvalue weighted by Crippen LogP contribution is -2.31. The van der Waals surface area contributed by atoms with Crippen LogP contribution in [0.4, 0.5) is 11.4 Å². The molecule has 0 saturated heterocycles. The molecule has 5 aromatic rings. The predicted octanol–water partition coefficient (Wildman–Crippen LogP) is 4.22. The lowest BCUT2D eigenvalue weighted by Gasteiger charge is -2.13. The first-order valence-electron chi connectivity index (χ1n) is 11.1. The smallest absolute Gasteiger partial charge is 0.251 e. The molecule has 5 rings (SSSR count). The highest BCUT2D eigenvalue weighted by molar-refractivity contribution is 5.95. The highest BCUT2D eigenvalue weighted by atomic mass is 16.3. The van der Waals surface area contributed by atoms with Gasteiger partial charge in [-0.15, -0.1) is 0 Å². The topological polar surface area (TPSA) is 97.7 Å². The van der Waals surface area contributed by atoms with E-state index in [9.17, 15) is 9.90 Å². The van der Waals surface area contributed by atoms with Crippen LogP contribution in [0.25, 0.3) is 27.7 Å². The van der Waals surface area contributed by atoms with E-state index in [0.29, 0.717) is 12.1 Å². The van der Waals surface area contributed by atoms with Crippen molar-refractivity contribution in [2.45, 2.75) is 0 Å². The summed E-state index contributed by atoms with van der Waals surface area (Å²) >= 11 is 0. The molecule has 0 aliphatic rings. The molecule has 34 heavy (non-hydrogen) atoms. The maximum atomic E-state index is 12.3. The number of aromatic amines is 1. The number of hydrogen-bond acceptors (Lipinski definition) is 5. The summed E-state index contributed by atoms with van der Waals surface area (Å²) in [6.07, 6.45) is 5.49. The molecule has 3 heterocycles. The van der Waals surface area contributed by atoms with Crippen LogP contribution in [0.2, 0.25) is 0 Å². The van der Waals surface area contributed by atoms with Crippen molar-refractivity contribution >= 4 is 33.7 Å². The van der Waals surface area contributed by atoms with Crippen LogP contribution in [0.3, 0.4) is 0 Å². The summed E-state index contributed by atoms with van der Waals surface area (Å²) in [7, 11) is 3.95. The van der Waals surface area contributed by atoms with Gasteiger partial charge in [0.25, 0.3) is 5.91 Å². The van der Waals surface area contributed by atoms with Crippen LogP contribution in [0, 0.1) is 0 Å². The number of aromatic hydroxyl groups is 1. The summed E-state index contributed by atoms with van der Waals surface area (Å²) in [5.41, 5.74) is 5.15. The van der Waals surface area contributed by atoms with Gasteiger partial charge in [-0.3, -0.25) is 9.20 Å². The number of carbonyl (C=O) groups is 1. The molecule has 0 atom stereocenters. The molecular weight excluding hydrogens is 428 g/mol. The van der Waals surface area contributed by atoms with Crippen molar-refractivity contribution in [3.8, 4) is 17.1 Å². The molecule has 8 heteroatoms. The number of nitrogens with zero attached hydrogens (tertiary/aromatic N) is 3. The van der Waals surface area contributed by atoms with E-state index in [1.807, 2.05) is 84.2 Å². The molecule has 0 spiro atoms. The number of rotatable bonds is 7. The van der Waals surface area contributed by atoms with Crippen molar-refractivity contribution in [1.29, 1.82) is 0 Å². The largest absolute Gasteiger partial charge is 0.494 e. The molecule has 0 saturated carbocycles. The molecule has 0 bridgehead atoms. The molecule has 0 aliphatic heterocycles. The van der Waals surface area contributed by atoms with E-state index in [1.165, 1.54) is 0 Å². The van der Waals surface area contributed by atoms with Gasteiger partial charge in [0.05, 0.1) is 11.4 Å². The number of carbonyl (C=O) groups excluding carboxylic acids is 1. The molecule has 2 aromatic carbocycles. The Morgan fingerprint density at radius 3 is 2.74 bits per heavy atom. The van der Waals surface area contributed by atoms with Gasteiger partial charge in [0.1, 0.15) is 0 Å². The summed E-state index contributed by atoms with van der Waals surface area (Å²) in [4.78, 5) is 21.7. The van der Waals surface area contributed by atoms with Gasteiger partial charge in [-0.1, -0.05) is 6.07 Å². The van der Waals surface area contributed by atoms with Crippen LogP contribution in [0.5, 0.6) is 5.88 Å². The number of nitrogens with one attached hydrogen (secondary N) is 3. The van der Waals surface area contributed by atoms with Gasteiger partial charge in [-0.05, 0) is 68.2 Å². The van der Waals surface area contributed by atoms with Gasteiger partial charge in [0.2, 0.25) is 0 Å². The second-order valence-electron chi connectivity index (χ2n) is 8.45. The average molecular weight is 455 g/mol. The monoisotopic (exact) mass is 454 g/mol. The Balaban J connectivity index is 1.37. The van der Waals surface area contributed by atoms with Crippen LogP contribution in [0.15, 0.2) is 73.2 Å². The average Bonchev–Trinajstić information content (AvgIpc) is 3.47. The number of aromatic nitrogens is 3. The van der Waals surface area contributed by atoms with Crippen LogP contribution in [-0.4, -0.2) is 57.5 Å². The predicted molar refractivity (Wildman–Crippen MR) is 135 cm³/mol. The number of likely N-dealkylation sites (N-methyl/N-ethyl adjacent to an activating group) is 1. The lowest BCUT2D eigenvalue weighted by atomic mass is 10.1. The van der Waals surface area contributed by atoms with E-state index in [1.54, 1.807) is 12.4 Å². The SMILES string of the molecule is CN(C)CCNC(=O)c1ccc(Nc2ccc(-c3ccc4c(O)[nH]cc4c3)n3ccnc23)cc1. The standard InChI is InChI=1S/C26H26N6O2/c1-31(2)13-11-28-25(33)17-3-6-20(7-4-17)30-22-9-10-23(32-14-12-27-24(22)32)18-5-8-21-19(15-18)16-29-26(21)34/h3-10,12,14-16,29-30,34H,11,13H2,1-2H3,(H,28,33). The third-order valence-corrected chi connectivity index (χ3v) is 5.79. The van der Waals surface area contributed by atoms with Crippen molar-refractivity contribution < 1.29 is 9.90 Å². The number of fused-ring (bicyclic) bond motifs is 2. The van der Waals surface area contributed by atoms with E-state index in [2.05, 4.69) is 20.6 Å². The van der Waals surface area contributed by atoms with E-state index < -0.39 is 0 Å². The molecule has 0 aliphatic carbocycles. The number of pyridine rings is 1. The van der Waals surface area contributed by atoms with Crippen molar-refractivity contribution in [3.63, 3.8) is 0 Å². The van der Waals surface area contributed by atoms with E-state index in [4.69, 9.17) is 0 Å². The maximum Gasteiger partial charge on any atom is 0.251 e. The van der Waals surface area contributed by atoms with Crippen molar-refractivity contribution in [2.75, 3.05) is 32.5 Å². The van der Waals surface area contributed by atoms with Crippen molar-refractivity contribution in [3.05, 3.63) is 78.8 Å². The fraction of sp³-hybridized carbons (Fsp3) is 0.154. The normalized spacial score (nSPS) is 11.4. The molecule has 0 fully saturated rings. The molecule has 4 N–H and O–H groups in total. The number of imidazole rings is 1. The number of H-pyrrole nitrogens is 1. The molecule has 8 nitrogen and oxygen atoms in total. The number of amides is 1. The van der Waals surface area contributed by atoms with Gasteiger partial charge in [-0.25, -0.2) is 4.98 Å². The minimum Gasteiger partial charge on any atom is -0.494 e. The molecule has 0 unspecified atom stereocenters. The van der Waals surface area contributed by atoms with Gasteiger partial charge < -0.3 is 25.6 Å². The Morgan fingerprint density at radius 1 is 1.12 bits per heavy atom. The minimum atomic E-state index is -0.0823. The second kappa shape index (κ2) is 8.92. The fourth-order valence-corrected chi connectivity index (χ4v) is 3.98. The van der Waals surface area contributed by atoms with Crippen LogP contribution < -0.4 is 10.6 Å². The highest BCUT2D eigenvalue weighted by Crippen LogP contribution is 2.31. The first kappa shape index (κ1) is 21.5. The third kappa shape index (κ3) is 4.18. The maximum absolute atomic E-state index is 12.3. The molecule has 172 valence electrons. The molecular formula is C26H26N6O2. The highest BCUT2D eigenvalue weighted by Gasteiger charge is 2.11. The minimum absolute atomic E-state index is 0.0823. The van der Waals surface area contributed by atoms with Gasteiger partial charge in [0, 0.05) is 53.7 Å². The van der Waals surface area contributed by atoms with Gasteiger partial charge in [0.15, 0.2) is 11.5 Å². The zero-order valence-electron chi connectivity index (χ0n) is 19.0. The first-order chi connectivity index (χ1) is 16.5. The first-order valence-corrected chi connectivity index (χ1v) is 11.1. The summed E-state index contributed by atoms with van der Waals surface area (Å²) in [6.45, 7) is 1.40. The molecule has 3 aromatic heterocycles. The fourth-order valence-electron chi connectivity index (χ4n) is 3.98. The Bertz CT molecular complexity index is 1470. The second-order valence-corrected chi connectivity index (χ2v) is 8.45. The Kier molecular flexibility index (Phi) is 5.65. The molecule has 1 amide bonds. The summed E-state index contributed by atoms with van der Waals surface area (Å²) in [5, 5.41) is 18.0. The van der Waals surface area contributed by atoms with Crippen LogP contribution in [-0.2, 0) is 0 Å². The van der Waals surface area contributed by atoms with Gasteiger partial charge in [-0.2, -0.15) is 0 Å². The zero-order valence-corrected chi connectivity index (χ0v) is 19.0. The molecule has 0 radical (unpaired) electrons. The van der Waals surface area contributed by atoms with Crippen molar-refractivity contribution in [1.82, 2.24) is 24.6 Å². The summed E-state index contributed by atoms with van der Waals surface area (Å²) < 4.78 is 2.03. The zero-order chi connectivity index (χ0) is 23.7. The third-order valence-electron chi connectivity index (χ3n) is 5.79. The lowest BCUT2D eigenvalue weighted by molar-refractivity contribution is 0.0951. The van der Waals surface area contributed by atoms with E-state index in [0.717, 1.165) is 45.6 Å². The summed E-state index contributed by atoms with van der Waals surface area (Å²) in [6, 6.07) is 17.4. The number of benzene rings is 2. The van der Waals surface area contributed by atoms with Crippen LogP contribution >= 0.6 is 0 Å². The van der Waals surface area contributed by atoms with Gasteiger partial charge >= 0.3 is 0 Å². The number of anilines is 2. The van der Waals surface area contributed by atoms with E-state index in [-0.39, 0.29) is 11.8 Å².